The number of hydrogen-bond acceptors (Lipinski definition) is 4. The summed E-state index contributed by atoms with van der Waals surface area (Å²) in [7, 11) is 0. The Labute approximate surface area is 151 Å². The minimum Gasteiger partial charge on any atom is -0.478 e. The molecule has 2 aliphatic heterocycles. The quantitative estimate of drug-likeness (QED) is 0.879. The number of para-hydroxylation sites is 1. The maximum absolute atomic E-state index is 13.0. The van der Waals surface area contributed by atoms with Crippen LogP contribution in [0.4, 0.5) is 5.69 Å². The molecule has 3 heterocycles. The van der Waals surface area contributed by atoms with Gasteiger partial charge in [-0.25, -0.2) is 4.79 Å². The summed E-state index contributed by atoms with van der Waals surface area (Å²) in [6, 6.07) is 7.90. The number of hydrogen-bond donors (Lipinski definition) is 2. The number of carboxylic acids is 1. The normalized spacial score (nSPS) is 20.2. The van der Waals surface area contributed by atoms with Gasteiger partial charge in [0.05, 0.1) is 24.5 Å². The van der Waals surface area contributed by atoms with Gasteiger partial charge in [0.15, 0.2) is 0 Å². The number of carbonyl (C=O) groups is 2. The lowest BCUT2D eigenvalue weighted by Crippen LogP contribution is -2.43. The van der Waals surface area contributed by atoms with Gasteiger partial charge in [0.1, 0.15) is 5.56 Å². The van der Waals surface area contributed by atoms with Gasteiger partial charge in [-0.15, -0.1) is 0 Å². The van der Waals surface area contributed by atoms with Gasteiger partial charge in [-0.1, -0.05) is 24.6 Å². The highest BCUT2D eigenvalue weighted by atomic mass is 16.4. The second kappa shape index (κ2) is 6.92. The first-order chi connectivity index (χ1) is 12.6. The summed E-state index contributed by atoms with van der Waals surface area (Å²) in [6.45, 7) is 1.78. The van der Waals surface area contributed by atoms with Crippen molar-refractivity contribution in [1.82, 2.24) is 15.1 Å². The van der Waals surface area contributed by atoms with Crippen LogP contribution in [0.3, 0.4) is 0 Å². The number of likely N-dealkylation sites (tertiary alicyclic amines) is 1. The second-order valence-corrected chi connectivity index (χ2v) is 6.91. The predicted molar refractivity (Wildman–Crippen MR) is 96.2 cm³/mol. The largest absolute Gasteiger partial charge is 0.478 e. The van der Waals surface area contributed by atoms with Crippen molar-refractivity contribution in [3.8, 4) is 0 Å². The van der Waals surface area contributed by atoms with Crippen LogP contribution in [0.15, 0.2) is 30.5 Å². The summed E-state index contributed by atoms with van der Waals surface area (Å²) in [5.41, 5.74) is 3.00. The molecule has 0 bridgehead atoms. The number of piperidine rings is 1. The standard InChI is InChI=1S/C19H22N4O3/c24-17(23-10-8-13-5-1-2-6-15(13)23)12-22-9-4-3-7-16(22)18-14(19(25)26)11-20-21-18/h1-2,5-6,11,16H,3-4,7-10,12H2,(H,20,21)(H,25,26). The third-order valence-corrected chi connectivity index (χ3v) is 5.37. The molecule has 1 aromatic heterocycles. The SMILES string of the molecule is O=C(O)c1cn[nH]c1C1CCCCN1CC(=O)N1CCc2ccccc21. The van der Waals surface area contributed by atoms with Gasteiger partial charge in [0, 0.05) is 12.2 Å². The Hall–Kier alpha value is -2.67. The third-order valence-electron chi connectivity index (χ3n) is 5.37. The summed E-state index contributed by atoms with van der Waals surface area (Å²) in [4.78, 5) is 28.3. The summed E-state index contributed by atoms with van der Waals surface area (Å²) in [5, 5.41) is 16.1. The first-order valence-corrected chi connectivity index (χ1v) is 9.04. The van der Waals surface area contributed by atoms with E-state index in [0.717, 1.165) is 37.9 Å². The predicted octanol–water partition coefficient (Wildman–Crippen LogP) is 2.22. The molecular formula is C19H22N4O3. The summed E-state index contributed by atoms with van der Waals surface area (Å²) in [5.74, 6) is -0.919. The van der Waals surface area contributed by atoms with E-state index in [1.165, 1.54) is 11.8 Å². The number of rotatable bonds is 4. The lowest BCUT2D eigenvalue weighted by Gasteiger charge is -2.35. The molecule has 1 unspecified atom stereocenters. The second-order valence-electron chi connectivity index (χ2n) is 6.91. The number of anilines is 1. The molecule has 1 fully saturated rings. The molecule has 1 aromatic carbocycles. The molecule has 2 N–H and O–H groups in total. The molecule has 2 aliphatic rings. The number of benzene rings is 1. The number of fused-ring (bicyclic) bond motifs is 1. The van der Waals surface area contributed by atoms with Crippen molar-refractivity contribution in [3.63, 3.8) is 0 Å². The Bertz CT molecular complexity index is 832. The van der Waals surface area contributed by atoms with Crippen LogP contribution >= 0.6 is 0 Å². The molecule has 1 amide bonds. The number of aromatic amines is 1. The number of amides is 1. The van der Waals surface area contributed by atoms with E-state index in [9.17, 15) is 14.7 Å². The number of aromatic nitrogens is 2. The fourth-order valence-corrected chi connectivity index (χ4v) is 4.08. The molecule has 0 saturated carbocycles. The molecule has 7 nitrogen and oxygen atoms in total. The van der Waals surface area contributed by atoms with Crippen LogP contribution in [0.2, 0.25) is 0 Å². The molecule has 26 heavy (non-hydrogen) atoms. The monoisotopic (exact) mass is 354 g/mol. The number of aromatic carboxylic acids is 1. The Kier molecular flexibility index (Phi) is 4.46. The van der Waals surface area contributed by atoms with Gasteiger partial charge in [-0.3, -0.25) is 14.8 Å². The van der Waals surface area contributed by atoms with E-state index in [2.05, 4.69) is 21.2 Å². The van der Waals surface area contributed by atoms with E-state index in [4.69, 9.17) is 0 Å². The van der Waals surface area contributed by atoms with Crippen molar-refractivity contribution >= 4 is 17.6 Å². The van der Waals surface area contributed by atoms with Gasteiger partial charge in [-0.05, 0) is 37.4 Å². The lowest BCUT2D eigenvalue weighted by molar-refractivity contribution is -0.120. The van der Waals surface area contributed by atoms with Crippen LogP contribution in [-0.4, -0.2) is 51.7 Å². The number of nitrogens with zero attached hydrogens (tertiary/aromatic N) is 3. The molecule has 2 aromatic rings. The highest BCUT2D eigenvalue weighted by Crippen LogP contribution is 2.33. The molecule has 0 radical (unpaired) electrons. The maximum atomic E-state index is 13.0. The summed E-state index contributed by atoms with van der Waals surface area (Å²) in [6.07, 6.45) is 5.08. The molecule has 1 saturated heterocycles. The average Bonchev–Trinajstić information content (AvgIpc) is 3.29. The molecule has 136 valence electrons. The first-order valence-electron chi connectivity index (χ1n) is 9.04. The van der Waals surface area contributed by atoms with Crippen LogP contribution in [0.1, 0.15) is 46.9 Å². The smallest absolute Gasteiger partial charge is 0.339 e. The molecule has 4 rings (SSSR count). The molecule has 7 heteroatoms. The fraction of sp³-hybridized carbons (Fsp3) is 0.421. The third kappa shape index (κ3) is 2.99. The van der Waals surface area contributed by atoms with Crippen molar-refractivity contribution in [2.75, 3.05) is 24.5 Å². The minimum atomic E-state index is -0.987. The first kappa shape index (κ1) is 16.8. The van der Waals surface area contributed by atoms with Gasteiger partial charge >= 0.3 is 5.97 Å². The zero-order valence-electron chi connectivity index (χ0n) is 14.5. The van der Waals surface area contributed by atoms with E-state index in [0.29, 0.717) is 12.2 Å². The molecule has 1 atom stereocenters. The summed E-state index contributed by atoms with van der Waals surface area (Å²) < 4.78 is 0. The summed E-state index contributed by atoms with van der Waals surface area (Å²) >= 11 is 0. The number of H-pyrrole nitrogens is 1. The van der Waals surface area contributed by atoms with Crippen molar-refractivity contribution in [3.05, 3.63) is 47.3 Å². The Balaban J connectivity index is 1.53. The van der Waals surface area contributed by atoms with Crippen LogP contribution < -0.4 is 4.90 Å². The van der Waals surface area contributed by atoms with Crippen LogP contribution in [-0.2, 0) is 11.2 Å². The van der Waals surface area contributed by atoms with E-state index >= 15 is 0 Å². The molecule has 0 aliphatic carbocycles. The van der Waals surface area contributed by atoms with Crippen molar-refractivity contribution in [2.24, 2.45) is 0 Å². The Morgan fingerprint density at radius 1 is 1.23 bits per heavy atom. The molecule has 0 spiro atoms. The van der Waals surface area contributed by atoms with Gasteiger partial charge < -0.3 is 10.0 Å². The van der Waals surface area contributed by atoms with Crippen molar-refractivity contribution < 1.29 is 14.7 Å². The Morgan fingerprint density at radius 3 is 2.92 bits per heavy atom. The lowest BCUT2D eigenvalue weighted by atomic mass is 9.97. The molecular weight excluding hydrogens is 332 g/mol. The number of nitrogens with one attached hydrogen (secondary N) is 1. The zero-order chi connectivity index (χ0) is 18.1. The van der Waals surface area contributed by atoms with Gasteiger partial charge in [0.25, 0.3) is 0 Å². The van der Waals surface area contributed by atoms with Crippen LogP contribution in [0.25, 0.3) is 0 Å². The highest BCUT2D eigenvalue weighted by molar-refractivity contribution is 5.96. The topological polar surface area (TPSA) is 89.5 Å². The van der Waals surface area contributed by atoms with Gasteiger partial charge in [-0.2, -0.15) is 5.10 Å². The van der Waals surface area contributed by atoms with Gasteiger partial charge in [0.2, 0.25) is 5.91 Å². The zero-order valence-corrected chi connectivity index (χ0v) is 14.5. The maximum Gasteiger partial charge on any atom is 0.339 e. The number of carbonyl (C=O) groups excluding carboxylic acids is 1. The van der Waals surface area contributed by atoms with E-state index < -0.39 is 5.97 Å². The average molecular weight is 354 g/mol. The number of carboxylic acid groups (broad SMARTS) is 1. The van der Waals surface area contributed by atoms with Crippen molar-refractivity contribution in [1.29, 1.82) is 0 Å². The van der Waals surface area contributed by atoms with Crippen LogP contribution in [0.5, 0.6) is 0 Å². The van der Waals surface area contributed by atoms with E-state index in [1.807, 2.05) is 23.1 Å². The van der Waals surface area contributed by atoms with E-state index in [-0.39, 0.29) is 24.1 Å². The highest BCUT2D eigenvalue weighted by Gasteiger charge is 2.32. The van der Waals surface area contributed by atoms with E-state index in [1.54, 1.807) is 0 Å². The van der Waals surface area contributed by atoms with Crippen molar-refractivity contribution in [2.45, 2.75) is 31.7 Å². The Morgan fingerprint density at radius 2 is 2.08 bits per heavy atom. The fourth-order valence-electron chi connectivity index (χ4n) is 4.08. The van der Waals surface area contributed by atoms with Crippen LogP contribution in [0, 0.1) is 0 Å². The minimum absolute atomic E-state index is 0.0678.